The van der Waals surface area contributed by atoms with Gasteiger partial charge >= 0.3 is 5.97 Å². The largest absolute Gasteiger partial charge is 0.508 e. The van der Waals surface area contributed by atoms with Crippen LogP contribution in [-0.4, -0.2) is 57.1 Å². The molecular weight excluding hydrogens is 432 g/mol. The maximum absolute atomic E-state index is 12.7. The maximum atomic E-state index is 12.7. The van der Waals surface area contributed by atoms with Gasteiger partial charge in [0.15, 0.2) is 0 Å². The summed E-state index contributed by atoms with van der Waals surface area (Å²) in [6, 6.07) is 7.92. The molecule has 3 atom stereocenters. The molecule has 176 valence electrons. The summed E-state index contributed by atoms with van der Waals surface area (Å²) in [6.07, 6.45) is -0.566. The van der Waals surface area contributed by atoms with Gasteiger partial charge in [-0.1, -0.05) is 24.3 Å². The number of carboxylic acid groups (broad SMARTS) is 1. The zero-order chi connectivity index (χ0) is 24.5. The van der Waals surface area contributed by atoms with E-state index in [0.29, 0.717) is 11.1 Å². The van der Waals surface area contributed by atoms with Crippen molar-refractivity contribution >= 4 is 23.7 Å². The predicted molar refractivity (Wildman–Crippen MR) is 117 cm³/mol. The summed E-state index contributed by atoms with van der Waals surface area (Å²) >= 11 is 0. The Morgan fingerprint density at radius 3 is 1.67 bits per heavy atom. The lowest BCUT2D eigenvalue weighted by molar-refractivity contribution is -0.142. The van der Waals surface area contributed by atoms with Gasteiger partial charge in [0.25, 0.3) is 0 Å². The third-order valence-corrected chi connectivity index (χ3v) is 4.76. The molecule has 11 nitrogen and oxygen atoms in total. The average Bonchev–Trinajstić information content (AvgIpc) is 2.75. The monoisotopic (exact) mass is 458 g/mol. The van der Waals surface area contributed by atoms with E-state index in [1.165, 1.54) is 36.4 Å². The molecule has 0 spiro atoms. The van der Waals surface area contributed by atoms with Crippen molar-refractivity contribution in [3.8, 4) is 11.5 Å². The number of rotatable bonds is 11. The number of hydrogen-bond donors (Lipinski definition) is 7. The van der Waals surface area contributed by atoms with E-state index >= 15 is 0 Å². The summed E-state index contributed by atoms with van der Waals surface area (Å²) in [5.41, 5.74) is 12.3. The van der Waals surface area contributed by atoms with Crippen LogP contribution in [0.3, 0.4) is 0 Å². The Balaban J connectivity index is 2.06. The standard InChI is InChI=1S/C22H26N4O7/c23-16(9-12-1-5-14(27)6-2-12)20(30)25-17(11-19(24)29)21(31)26-18(22(32)33)10-13-3-7-15(28)8-4-13/h1-8,16-18,27-28H,9-11,23H2,(H2,24,29)(H,25,30)(H,26,31)(H,32,33)/t16-,17-,18-/m0/s1. The normalized spacial score (nSPS) is 13.4. The van der Waals surface area contributed by atoms with E-state index in [0.717, 1.165) is 0 Å². The number of carboxylic acids is 1. The molecule has 9 N–H and O–H groups in total. The molecule has 0 aliphatic rings. The van der Waals surface area contributed by atoms with Gasteiger partial charge < -0.3 is 37.4 Å². The van der Waals surface area contributed by atoms with Crippen LogP contribution in [-0.2, 0) is 32.0 Å². The second kappa shape index (κ2) is 11.5. The quantitative estimate of drug-likeness (QED) is 0.225. The van der Waals surface area contributed by atoms with Crippen LogP contribution in [0.2, 0.25) is 0 Å². The minimum atomic E-state index is -1.43. The zero-order valence-electron chi connectivity index (χ0n) is 17.6. The first-order valence-corrected chi connectivity index (χ1v) is 9.98. The van der Waals surface area contributed by atoms with E-state index in [1.807, 2.05) is 0 Å². The molecule has 0 radical (unpaired) electrons. The third-order valence-electron chi connectivity index (χ3n) is 4.76. The average molecular weight is 458 g/mol. The van der Waals surface area contributed by atoms with Crippen molar-refractivity contribution in [1.29, 1.82) is 0 Å². The second-order valence-corrected chi connectivity index (χ2v) is 7.48. The number of nitrogens with two attached hydrogens (primary N) is 2. The van der Waals surface area contributed by atoms with Crippen LogP contribution >= 0.6 is 0 Å². The lowest BCUT2D eigenvalue weighted by atomic mass is 10.0. The molecule has 0 saturated heterocycles. The summed E-state index contributed by atoms with van der Waals surface area (Å²) < 4.78 is 0. The molecule has 0 saturated carbocycles. The highest BCUT2D eigenvalue weighted by Crippen LogP contribution is 2.12. The number of phenolic OH excluding ortho intramolecular Hbond substituents is 2. The van der Waals surface area contributed by atoms with Gasteiger partial charge in [0.2, 0.25) is 17.7 Å². The lowest BCUT2D eigenvalue weighted by Gasteiger charge is -2.22. The Bertz CT molecular complexity index is 993. The molecule has 2 rings (SSSR count). The molecule has 0 unspecified atom stereocenters. The first-order chi connectivity index (χ1) is 15.5. The van der Waals surface area contributed by atoms with Crippen LogP contribution in [0.15, 0.2) is 48.5 Å². The Kier molecular flexibility index (Phi) is 8.75. The highest BCUT2D eigenvalue weighted by Gasteiger charge is 2.29. The zero-order valence-corrected chi connectivity index (χ0v) is 17.6. The fourth-order valence-corrected chi connectivity index (χ4v) is 3.01. The number of nitrogens with one attached hydrogen (secondary N) is 2. The van der Waals surface area contributed by atoms with E-state index in [1.54, 1.807) is 12.1 Å². The van der Waals surface area contributed by atoms with E-state index < -0.39 is 48.2 Å². The van der Waals surface area contributed by atoms with Gasteiger partial charge in [-0.3, -0.25) is 14.4 Å². The molecule has 0 aliphatic heterocycles. The van der Waals surface area contributed by atoms with Gasteiger partial charge in [-0.25, -0.2) is 4.79 Å². The molecule has 11 heteroatoms. The number of aromatic hydroxyl groups is 2. The molecule has 0 heterocycles. The Morgan fingerprint density at radius 1 is 0.758 bits per heavy atom. The van der Waals surface area contributed by atoms with Crippen molar-refractivity contribution in [2.75, 3.05) is 0 Å². The van der Waals surface area contributed by atoms with E-state index in [9.17, 15) is 34.5 Å². The highest BCUT2D eigenvalue weighted by molar-refractivity contribution is 5.94. The summed E-state index contributed by atoms with van der Waals surface area (Å²) in [5, 5.41) is 32.8. The SMILES string of the molecule is NC(=O)C[C@H](NC(=O)[C@@H](N)Cc1ccc(O)cc1)C(=O)N[C@@H](Cc1ccc(O)cc1)C(=O)O. The number of phenols is 2. The number of carbonyl (C=O) groups is 4. The fourth-order valence-electron chi connectivity index (χ4n) is 3.01. The second-order valence-electron chi connectivity index (χ2n) is 7.48. The van der Waals surface area contributed by atoms with Crippen molar-refractivity contribution in [3.63, 3.8) is 0 Å². The first kappa shape index (κ1) is 25.1. The summed E-state index contributed by atoms with van der Waals surface area (Å²) in [6.45, 7) is 0. The minimum absolute atomic E-state index is 0.00235. The van der Waals surface area contributed by atoms with Crippen molar-refractivity contribution in [3.05, 3.63) is 59.7 Å². The summed E-state index contributed by atoms with van der Waals surface area (Å²) in [5.74, 6) is -3.81. The highest BCUT2D eigenvalue weighted by atomic mass is 16.4. The number of primary amides is 1. The molecule has 3 amide bonds. The maximum Gasteiger partial charge on any atom is 0.326 e. The Morgan fingerprint density at radius 2 is 1.21 bits per heavy atom. The van der Waals surface area contributed by atoms with Crippen LogP contribution in [0.5, 0.6) is 11.5 Å². The molecule has 2 aromatic carbocycles. The van der Waals surface area contributed by atoms with Gasteiger partial charge in [0, 0.05) is 6.42 Å². The van der Waals surface area contributed by atoms with Crippen molar-refractivity contribution < 1.29 is 34.5 Å². The molecule has 0 fully saturated rings. The van der Waals surface area contributed by atoms with Crippen LogP contribution in [0, 0.1) is 0 Å². The number of aliphatic carboxylic acids is 1. The fraction of sp³-hybridized carbons (Fsp3) is 0.273. The summed E-state index contributed by atoms with van der Waals surface area (Å²) in [7, 11) is 0. The van der Waals surface area contributed by atoms with Crippen LogP contribution < -0.4 is 22.1 Å². The van der Waals surface area contributed by atoms with Gasteiger partial charge in [-0.2, -0.15) is 0 Å². The van der Waals surface area contributed by atoms with Gasteiger partial charge in [-0.05, 0) is 41.8 Å². The van der Waals surface area contributed by atoms with Crippen LogP contribution in [0.1, 0.15) is 17.5 Å². The van der Waals surface area contributed by atoms with Crippen molar-refractivity contribution in [2.24, 2.45) is 11.5 Å². The topological polar surface area (TPSA) is 205 Å². The van der Waals surface area contributed by atoms with Crippen LogP contribution in [0.4, 0.5) is 0 Å². The Hall–Kier alpha value is -4.12. The summed E-state index contributed by atoms with van der Waals surface area (Å²) in [4.78, 5) is 48.2. The lowest BCUT2D eigenvalue weighted by Crippen LogP contribution is -2.56. The number of hydrogen-bond acceptors (Lipinski definition) is 7. The minimum Gasteiger partial charge on any atom is -0.508 e. The van der Waals surface area contributed by atoms with Crippen molar-refractivity contribution in [1.82, 2.24) is 10.6 Å². The smallest absolute Gasteiger partial charge is 0.326 e. The van der Waals surface area contributed by atoms with Crippen molar-refractivity contribution in [2.45, 2.75) is 37.4 Å². The van der Waals surface area contributed by atoms with Crippen LogP contribution in [0.25, 0.3) is 0 Å². The Labute approximate surface area is 189 Å². The molecular formula is C22H26N4O7. The van der Waals surface area contributed by atoms with Gasteiger partial charge in [0.1, 0.15) is 23.6 Å². The van der Waals surface area contributed by atoms with Gasteiger partial charge in [0.05, 0.1) is 12.5 Å². The van der Waals surface area contributed by atoms with E-state index in [4.69, 9.17) is 11.5 Å². The first-order valence-electron chi connectivity index (χ1n) is 9.98. The molecule has 0 aliphatic carbocycles. The van der Waals surface area contributed by atoms with E-state index in [-0.39, 0.29) is 24.3 Å². The third kappa shape index (κ3) is 8.15. The molecule has 0 aromatic heterocycles. The number of amides is 3. The molecule has 33 heavy (non-hydrogen) atoms. The number of carbonyl (C=O) groups excluding carboxylic acids is 3. The van der Waals surface area contributed by atoms with Gasteiger partial charge in [-0.15, -0.1) is 0 Å². The molecule has 0 bridgehead atoms. The molecule has 2 aromatic rings. The van der Waals surface area contributed by atoms with E-state index in [2.05, 4.69) is 10.6 Å². The predicted octanol–water partition coefficient (Wildman–Crippen LogP) is -0.860. The number of benzene rings is 2.